The summed E-state index contributed by atoms with van der Waals surface area (Å²) in [6.07, 6.45) is -0.782. The van der Waals surface area contributed by atoms with Crippen LogP contribution in [0.25, 0.3) is 10.8 Å². The van der Waals surface area contributed by atoms with Crippen molar-refractivity contribution in [2.24, 2.45) is 0 Å². The molecule has 0 aromatic heterocycles. The van der Waals surface area contributed by atoms with Gasteiger partial charge in [-0.2, -0.15) is 0 Å². The third-order valence-electron chi connectivity index (χ3n) is 4.58. The molecule has 162 valence electrons. The monoisotopic (exact) mass is 548 g/mol. The molecule has 0 bridgehead atoms. The van der Waals surface area contributed by atoms with Crippen LogP contribution in [0.3, 0.4) is 0 Å². The summed E-state index contributed by atoms with van der Waals surface area (Å²) in [5.74, 6) is 0.204. The highest BCUT2D eigenvalue weighted by Crippen LogP contribution is 2.34. The Balaban J connectivity index is 1.51. The van der Waals surface area contributed by atoms with Gasteiger partial charge in [0.1, 0.15) is 11.5 Å². The summed E-state index contributed by atoms with van der Waals surface area (Å²) in [7, 11) is 0. The Morgan fingerprint density at radius 3 is 2.52 bits per heavy atom. The molecule has 3 aromatic carbocycles. The molecule has 6 nitrogen and oxygen atoms in total. The molecule has 3 aromatic rings. The zero-order chi connectivity index (χ0) is 22.5. The molecule has 0 saturated heterocycles. The van der Waals surface area contributed by atoms with Gasteiger partial charge in [-0.1, -0.05) is 40.2 Å². The highest BCUT2D eigenvalue weighted by Gasteiger charge is 2.17. The lowest BCUT2D eigenvalue weighted by molar-refractivity contribution is -0.133. The van der Waals surface area contributed by atoms with Crippen LogP contribution in [0.4, 0.5) is 0 Å². The fourth-order valence-electron chi connectivity index (χ4n) is 2.84. The van der Waals surface area contributed by atoms with Crippen molar-refractivity contribution in [2.75, 3.05) is 6.61 Å². The molecule has 0 aliphatic carbocycles. The van der Waals surface area contributed by atoms with E-state index in [-0.39, 0.29) is 6.61 Å². The van der Waals surface area contributed by atoms with Crippen LogP contribution in [0, 0.1) is 13.8 Å². The fourth-order valence-corrected chi connectivity index (χ4v) is 3.83. The molecular weight excluding hydrogens is 528 g/mol. The smallest absolute Gasteiger partial charge is 0.279 e. The molecule has 1 unspecified atom stereocenters. The Kier molecular flexibility index (Phi) is 7.56. The molecule has 0 radical (unpaired) electrons. The van der Waals surface area contributed by atoms with Crippen LogP contribution in [0.2, 0.25) is 0 Å². The predicted octanol–water partition coefficient (Wildman–Crippen LogP) is 4.98. The first-order valence-corrected chi connectivity index (χ1v) is 11.2. The van der Waals surface area contributed by atoms with Gasteiger partial charge in [-0.15, -0.1) is 0 Å². The Labute approximate surface area is 197 Å². The average molecular weight is 550 g/mol. The number of carbonyl (C=O) groups is 2. The molecule has 0 spiro atoms. The number of fused-ring (bicyclic) bond motifs is 1. The zero-order valence-electron chi connectivity index (χ0n) is 17.3. The fraction of sp³-hybridized carbons (Fsp3) is 0.217. The van der Waals surface area contributed by atoms with Crippen molar-refractivity contribution in [3.8, 4) is 11.5 Å². The Morgan fingerprint density at radius 2 is 1.74 bits per heavy atom. The number of benzene rings is 3. The lowest BCUT2D eigenvalue weighted by Crippen LogP contribution is -2.48. The van der Waals surface area contributed by atoms with Gasteiger partial charge in [-0.25, -0.2) is 0 Å². The summed E-state index contributed by atoms with van der Waals surface area (Å²) in [5, 5.41) is 2.00. The van der Waals surface area contributed by atoms with Crippen LogP contribution in [-0.2, 0) is 9.59 Å². The molecule has 2 amide bonds. The summed E-state index contributed by atoms with van der Waals surface area (Å²) in [6, 6.07) is 15.3. The topological polar surface area (TPSA) is 76.7 Å². The Hall–Kier alpha value is -2.58. The quantitative estimate of drug-likeness (QED) is 0.425. The number of halogens is 2. The van der Waals surface area contributed by atoms with Crippen LogP contribution < -0.4 is 20.3 Å². The molecule has 8 heteroatoms. The number of aryl methyl sites for hydroxylation is 2. The molecule has 1 atom stereocenters. The zero-order valence-corrected chi connectivity index (χ0v) is 20.5. The maximum absolute atomic E-state index is 12.2. The van der Waals surface area contributed by atoms with Crippen molar-refractivity contribution in [2.45, 2.75) is 26.9 Å². The van der Waals surface area contributed by atoms with Crippen LogP contribution >= 0.6 is 31.9 Å². The molecule has 0 saturated carbocycles. The van der Waals surface area contributed by atoms with Gasteiger partial charge in [0.2, 0.25) is 0 Å². The van der Waals surface area contributed by atoms with E-state index in [9.17, 15) is 9.59 Å². The highest BCUT2D eigenvalue weighted by atomic mass is 79.9. The van der Waals surface area contributed by atoms with Gasteiger partial charge in [-0.05, 0) is 82.9 Å². The SMILES string of the molecule is Cc1ccc(C)c(OC(C)C(=O)NNC(=O)COc2ccc3cc(Br)ccc3c2Br)c1. The van der Waals surface area contributed by atoms with E-state index < -0.39 is 17.9 Å². The van der Waals surface area contributed by atoms with Crippen molar-refractivity contribution < 1.29 is 19.1 Å². The van der Waals surface area contributed by atoms with E-state index in [1.54, 1.807) is 13.0 Å². The van der Waals surface area contributed by atoms with Gasteiger partial charge in [-0.3, -0.25) is 20.4 Å². The molecule has 0 fully saturated rings. The van der Waals surface area contributed by atoms with Crippen LogP contribution in [0.15, 0.2) is 57.5 Å². The van der Waals surface area contributed by atoms with Crippen LogP contribution in [-0.4, -0.2) is 24.5 Å². The number of amides is 2. The van der Waals surface area contributed by atoms with E-state index in [1.165, 1.54) is 0 Å². The van der Waals surface area contributed by atoms with Crippen molar-refractivity contribution >= 4 is 54.4 Å². The standard InChI is InChI=1S/C23H22Br2N2O4/c1-13-4-5-14(2)20(10-13)31-15(3)23(29)27-26-21(28)12-30-19-9-6-16-11-17(24)7-8-18(16)22(19)25/h4-11,15H,12H2,1-3H3,(H,26,28)(H,27,29). The minimum atomic E-state index is -0.782. The Bertz CT molecular complexity index is 1130. The lowest BCUT2D eigenvalue weighted by Gasteiger charge is -2.17. The molecule has 2 N–H and O–H groups in total. The maximum atomic E-state index is 12.2. The summed E-state index contributed by atoms with van der Waals surface area (Å²) in [6.45, 7) is 5.21. The highest BCUT2D eigenvalue weighted by molar-refractivity contribution is 9.11. The normalized spacial score (nSPS) is 11.6. The number of hydrazine groups is 1. The van der Waals surface area contributed by atoms with Gasteiger partial charge in [0.15, 0.2) is 12.7 Å². The first-order valence-electron chi connectivity index (χ1n) is 9.58. The van der Waals surface area contributed by atoms with Crippen molar-refractivity contribution in [1.29, 1.82) is 0 Å². The van der Waals surface area contributed by atoms with E-state index in [1.807, 2.05) is 56.3 Å². The maximum Gasteiger partial charge on any atom is 0.279 e. The average Bonchev–Trinajstić information content (AvgIpc) is 2.74. The Morgan fingerprint density at radius 1 is 0.968 bits per heavy atom. The number of nitrogens with one attached hydrogen (secondary N) is 2. The van der Waals surface area contributed by atoms with Gasteiger partial charge in [0, 0.05) is 4.47 Å². The molecule has 0 heterocycles. The number of carbonyl (C=O) groups excluding carboxylic acids is 2. The van der Waals surface area contributed by atoms with E-state index in [4.69, 9.17) is 9.47 Å². The second kappa shape index (κ2) is 10.2. The minimum Gasteiger partial charge on any atom is -0.483 e. The lowest BCUT2D eigenvalue weighted by atomic mass is 10.1. The van der Waals surface area contributed by atoms with Crippen molar-refractivity contribution in [3.63, 3.8) is 0 Å². The van der Waals surface area contributed by atoms with Gasteiger partial charge < -0.3 is 9.47 Å². The number of ether oxygens (including phenoxy) is 2. The predicted molar refractivity (Wildman–Crippen MR) is 127 cm³/mol. The van der Waals surface area contributed by atoms with E-state index >= 15 is 0 Å². The number of hydrogen-bond acceptors (Lipinski definition) is 4. The summed E-state index contributed by atoms with van der Waals surface area (Å²) in [4.78, 5) is 24.4. The molecule has 3 rings (SSSR count). The van der Waals surface area contributed by atoms with E-state index in [0.29, 0.717) is 11.5 Å². The molecule has 31 heavy (non-hydrogen) atoms. The van der Waals surface area contributed by atoms with Crippen molar-refractivity contribution in [3.05, 3.63) is 68.6 Å². The van der Waals surface area contributed by atoms with Gasteiger partial charge >= 0.3 is 0 Å². The van der Waals surface area contributed by atoms with Gasteiger partial charge in [0.25, 0.3) is 11.8 Å². The number of hydrogen-bond donors (Lipinski definition) is 2. The molecule has 0 aliphatic rings. The largest absolute Gasteiger partial charge is 0.483 e. The second-order valence-corrected chi connectivity index (χ2v) is 8.81. The minimum absolute atomic E-state index is 0.257. The van der Waals surface area contributed by atoms with E-state index in [0.717, 1.165) is 30.8 Å². The first kappa shape index (κ1) is 23.1. The third-order valence-corrected chi connectivity index (χ3v) is 5.89. The second-order valence-electron chi connectivity index (χ2n) is 7.10. The van der Waals surface area contributed by atoms with Crippen LogP contribution in [0.1, 0.15) is 18.1 Å². The first-order chi connectivity index (χ1) is 14.7. The third kappa shape index (κ3) is 5.98. The molecule has 0 aliphatic heterocycles. The van der Waals surface area contributed by atoms with Gasteiger partial charge in [0.05, 0.1) is 4.47 Å². The number of rotatable bonds is 6. The van der Waals surface area contributed by atoms with Crippen molar-refractivity contribution in [1.82, 2.24) is 10.9 Å². The van der Waals surface area contributed by atoms with E-state index in [2.05, 4.69) is 42.7 Å². The van der Waals surface area contributed by atoms with Crippen LogP contribution in [0.5, 0.6) is 11.5 Å². The summed E-state index contributed by atoms with van der Waals surface area (Å²) < 4.78 is 13.0. The molecular formula is C23H22Br2N2O4. The summed E-state index contributed by atoms with van der Waals surface area (Å²) in [5.41, 5.74) is 6.67. The summed E-state index contributed by atoms with van der Waals surface area (Å²) >= 11 is 6.97.